The van der Waals surface area contributed by atoms with E-state index >= 15 is 0 Å². The predicted molar refractivity (Wildman–Crippen MR) is 111 cm³/mol. The number of rotatable bonds is 8. The minimum atomic E-state index is -0.485. The van der Waals surface area contributed by atoms with Gasteiger partial charge in [-0.05, 0) is 45.8 Å². The first-order valence-electron chi connectivity index (χ1n) is 9.04. The Morgan fingerprint density at radius 2 is 2.03 bits per heavy atom. The summed E-state index contributed by atoms with van der Waals surface area (Å²) in [6, 6.07) is 15.3. The molecule has 0 atom stereocenters. The first-order chi connectivity index (χ1) is 14.6. The van der Waals surface area contributed by atoms with E-state index < -0.39 is 4.92 Å². The normalized spacial score (nSPS) is 10.8. The van der Waals surface area contributed by atoms with E-state index in [2.05, 4.69) is 31.2 Å². The van der Waals surface area contributed by atoms with Gasteiger partial charge >= 0.3 is 5.69 Å². The van der Waals surface area contributed by atoms with Crippen LogP contribution in [0.3, 0.4) is 0 Å². The van der Waals surface area contributed by atoms with Gasteiger partial charge in [-0.15, -0.1) is 10.2 Å². The van der Waals surface area contributed by atoms with Crippen molar-refractivity contribution in [1.82, 2.24) is 20.0 Å². The molecule has 0 unspecified atom stereocenters. The molecule has 2 heterocycles. The van der Waals surface area contributed by atoms with Gasteiger partial charge in [0.1, 0.15) is 24.8 Å². The van der Waals surface area contributed by atoms with Crippen molar-refractivity contribution in [2.24, 2.45) is 0 Å². The van der Waals surface area contributed by atoms with Crippen LogP contribution in [0.25, 0.3) is 11.5 Å². The number of nitrogens with zero attached hydrogens (tertiary/aromatic N) is 5. The molecule has 0 fully saturated rings. The van der Waals surface area contributed by atoms with Crippen LogP contribution in [-0.2, 0) is 19.6 Å². The van der Waals surface area contributed by atoms with Gasteiger partial charge in [-0.2, -0.15) is 5.10 Å². The second-order valence-corrected chi connectivity index (χ2v) is 7.24. The molecule has 0 saturated heterocycles. The molecule has 152 valence electrons. The topological polar surface area (TPSA) is 109 Å². The van der Waals surface area contributed by atoms with Gasteiger partial charge < -0.3 is 9.15 Å². The van der Waals surface area contributed by atoms with Gasteiger partial charge in [-0.3, -0.25) is 14.8 Å². The molecule has 0 bridgehead atoms. The molecule has 0 aliphatic carbocycles. The lowest BCUT2D eigenvalue weighted by atomic mass is 10.1. The third-order valence-electron chi connectivity index (χ3n) is 4.26. The molecule has 4 rings (SSSR count). The first-order valence-corrected chi connectivity index (χ1v) is 9.83. The average Bonchev–Trinajstić information content (AvgIpc) is 3.42. The SMILES string of the molecule is O=[N+]([O-])c1cnn(CCc2nnc(-c3cccc(COc4ccccc4Br)c3)o2)c1. The summed E-state index contributed by atoms with van der Waals surface area (Å²) in [6.07, 6.45) is 2.99. The highest BCUT2D eigenvalue weighted by Gasteiger charge is 2.12. The summed E-state index contributed by atoms with van der Waals surface area (Å²) in [5.74, 6) is 1.60. The number of halogens is 1. The maximum atomic E-state index is 10.7. The molecule has 0 saturated carbocycles. The van der Waals surface area contributed by atoms with E-state index in [0.717, 1.165) is 21.3 Å². The fraction of sp³-hybridized carbons (Fsp3) is 0.150. The highest BCUT2D eigenvalue weighted by atomic mass is 79.9. The molecule has 9 nitrogen and oxygen atoms in total. The van der Waals surface area contributed by atoms with Gasteiger partial charge in [-0.1, -0.05) is 24.3 Å². The van der Waals surface area contributed by atoms with Gasteiger partial charge in [-0.25, -0.2) is 0 Å². The van der Waals surface area contributed by atoms with Crippen LogP contribution in [0.15, 0.2) is 69.8 Å². The van der Waals surface area contributed by atoms with Crippen LogP contribution in [0.1, 0.15) is 11.5 Å². The average molecular weight is 470 g/mol. The van der Waals surface area contributed by atoms with Gasteiger partial charge in [0.2, 0.25) is 11.8 Å². The number of ether oxygens (including phenoxy) is 1. The highest BCUT2D eigenvalue weighted by Crippen LogP contribution is 2.25. The first kappa shape index (κ1) is 19.8. The number of nitro groups is 1. The number of hydrogen-bond acceptors (Lipinski definition) is 7. The zero-order valence-corrected chi connectivity index (χ0v) is 17.2. The van der Waals surface area contributed by atoms with E-state index in [1.54, 1.807) is 0 Å². The molecule has 2 aromatic carbocycles. The van der Waals surface area contributed by atoms with E-state index in [-0.39, 0.29) is 5.69 Å². The quantitative estimate of drug-likeness (QED) is 0.277. The Morgan fingerprint density at radius 1 is 1.17 bits per heavy atom. The smallest absolute Gasteiger partial charge is 0.306 e. The summed E-state index contributed by atoms with van der Waals surface area (Å²) >= 11 is 3.47. The van der Waals surface area contributed by atoms with Crippen molar-refractivity contribution in [3.05, 3.63) is 87.0 Å². The zero-order valence-electron chi connectivity index (χ0n) is 15.6. The summed E-state index contributed by atoms with van der Waals surface area (Å²) in [5, 5.41) is 22.8. The monoisotopic (exact) mass is 469 g/mol. The van der Waals surface area contributed by atoms with Crippen LogP contribution < -0.4 is 4.74 Å². The Hall–Kier alpha value is -3.53. The van der Waals surface area contributed by atoms with Crippen LogP contribution in [0.4, 0.5) is 5.69 Å². The van der Waals surface area contributed by atoms with Gasteiger partial charge in [0.05, 0.1) is 9.40 Å². The number of aryl methyl sites for hydroxylation is 2. The van der Waals surface area contributed by atoms with Gasteiger partial charge in [0, 0.05) is 18.5 Å². The van der Waals surface area contributed by atoms with Gasteiger partial charge in [0.15, 0.2) is 0 Å². The van der Waals surface area contributed by atoms with Crippen LogP contribution in [0, 0.1) is 10.1 Å². The van der Waals surface area contributed by atoms with Crippen molar-refractivity contribution in [2.75, 3.05) is 0 Å². The van der Waals surface area contributed by atoms with Gasteiger partial charge in [0.25, 0.3) is 0 Å². The van der Waals surface area contributed by atoms with Crippen LogP contribution in [0.5, 0.6) is 5.75 Å². The Labute approximate surface area is 179 Å². The molecular formula is C20H16BrN5O4. The van der Waals surface area contributed by atoms with E-state index in [0.29, 0.717) is 31.4 Å². The molecule has 0 N–H and O–H groups in total. The van der Waals surface area contributed by atoms with Crippen molar-refractivity contribution in [3.63, 3.8) is 0 Å². The Bertz CT molecular complexity index is 1170. The summed E-state index contributed by atoms with van der Waals surface area (Å²) in [5.41, 5.74) is 1.70. The second kappa shape index (κ2) is 8.87. The fourth-order valence-electron chi connectivity index (χ4n) is 2.77. The molecule has 2 aromatic heterocycles. The zero-order chi connectivity index (χ0) is 20.9. The lowest BCUT2D eigenvalue weighted by Gasteiger charge is -2.08. The summed E-state index contributed by atoms with van der Waals surface area (Å²) in [4.78, 5) is 10.2. The highest BCUT2D eigenvalue weighted by molar-refractivity contribution is 9.10. The number of para-hydroxylation sites is 1. The van der Waals surface area contributed by atoms with Crippen molar-refractivity contribution in [1.29, 1.82) is 0 Å². The van der Waals surface area contributed by atoms with Crippen molar-refractivity contribution >= 4 is 21.6 Å². The summed E-state index contributed by atoms with van der Waals surface area (Å²) in [6.45, 7) is 0.796. The van der Waals surface area contributed by atoms with Crippen molar-refractivity contribution in [3.8, 4) is 17.2 Å². The van der Waals surface area contributed by atoms with Crippen LogP contribution in [0.2, 0.25) is 0 Å². The third-order valence-corrected chi connectivity index (χ3v) is 4.91. The second-order valence-electron chi connectivity index (χ2n) is 6.39. The largest absolute Gasteiger partial charge is 0.488 e. The molecular weight excluding hydrogens is 454 g/mol. The van der Waals surface area contributed by atoms with Crippen molar-refractivity contribution < 1.29 is 14.1 Å². The predicted octanol–water partition coefficient (Wildman–Crippen LogP) is 4.43. The Balaban J connectivity index is 1.39. The minimum absolute atomic E-state index is 0.0530. The fourth-order valence-corrected chi connectivity index (χ4v) is 3.17. The Morgan fingerprint density at radius 3 is 2.83 bits per heavy atom. The Kier molecular flexibility index (Phi) is 5.84. The summed E-state index contributed by atoms with van der Waals surface area (Å²) < 4.78 is 14.0. The molecule has 4 aromatic rings. The van der Waals surface area contributed by atoms with E-state index in [1.807, 2.05) is 48.5 Å². The molecule has 0 spiro atoms. The molecule has 0 aliphatic heterocycles. The summed E-state index contributed by atoms with van der Waals surface area (Å²) in [7, 11) is 0. The number of aromatic nitrogens is 4. The molecule has 0 radical (unpaired) electrons. The lowest BCUT2D eigenvalue weighted by molar-refractivity contribution is -0.385. The maximum absolute atomic E-state index is 10.7. The van der Waals surface area contributed by atoms with Crippen LogP contribution >= 0.6 is 15.9 Å². The van der Waals surface area contributed by atoms with Crippen molar-refractivity contribution in [2.45, 2.75) is 19.6 Å². The lowest BCUT2D eigenvalue weighted by Crippen LogP contribution is -2.01. The molecule has 30 heavy (non-hydrogen) atoms. The molecule has 0 aliphatic rings. The van der Waals surface area contributed by atoms with E-state index in [4.69, 9.17) is 9.15 Å². The van der Waals surface area contributed by atoms with Crippen LogP contribution in [-0.4, -0.2) is 24.9 Å². The third kappa shape index (κ3) is 4.71. The minimum Gasteiger partial charge on any atom is -0.488 e. The number of benzene rings is 2. The molecule has 10 heteroatoms. The molecule has 0 amide bonds. The number of hydrogen-bond donors (Lipinski definition) is 0. The standard InChI is InChI=1S/C20H16BrN5O4/c21-17-6-1-2-7-18(17)29-13-14-4-3-5-15(10-14)20-24-23-19(30-20)8-9-25-12-16(11-22-25)26(27)28/h1-7,10-12H,8-9,13H2. The van der Waals surface area contributed by atoms with E-state index in [9.17, 15) is 10.1 Å². The van der Waals surface area contributed by atoms with E-state index in [1.165, 1.54) is 17.1 Å². The maximum Gasteiger partial charge on any atom is 0.306 e.